The highest BCUT2D eigenvalue weighted by Crippen LogP contribution is 2.38. The van der Waals surface area contributed by atoms with Crippen molar-refractivity contribution in [3.63, 3.8) is 0 Å². The highest BCUT2D eigenvalue weighted by molar-refractivity contribution is 14.1. The zero-order chi connectivity index (χ0) is 26.2. The number of hydrogen-bond acceptors (Lipinski definition) is 5. The molecule has 2 aromatic rings. The van der Waals surface area contributed by atoms with Gasteiger partial charge in [-0.05, 0) is 134 Å². The number of imide groups is 1. The van der Waals surface area contributed by atoms with Crippen LogP contribution < -0.4 is 5.32 Å². The third-order valence-corrected chi connectivity index (χ3v) is 12.8. The van der Waals surface area contributed by atoms with Crippen molar-refractivity contribution in [2.45, 2.75) is 40.2 Å². The topological polar surface area (TPSA) is 92.8 Å². The molecule has 1 unspecified atom stereocenters. The van der Waals surface area contributed by atoms with Crippen molar-refractivity contribution in [1.82, 2.24) is 4.90 Å². The molecule has 3 rings (SSSR count). The predicted octanol–water partition coefficient (Wildman–Crippen LogP) is 5.91. The van der Waals surface area contributed by atoms with Gasteiger partial charge in [0.1, 0.15) is 6.04 Å². The number of nitrogens with one attached hydrogen (secondary N) is 1. The Morgan fingerprint density at radius 1 is 0.943 bits per heavy atom. The summed E-state index contributed by atoms with van der Waals surface area (Å²) < 4.78 is 8.48. The zero-order valence-corrected chi connectivity index (χ0v) is 27.9. The summed E-state index contributed by atoms with van der Waals surface area (Å²) in [5.41, 5.74) is 3.14. The number of carbonyl (C=O) groups excluding carboxylic acids is 4. The Balaban J connectivity index is 1.83. The van der Waals surface area contributed by atoms with Gasteiger partial charge in [0, 0.05) is 20.0 Å². The molecule has 0 spiro atoms. The van der Waals surface area contributed by atoms with Crippen LogP contribution in [0.1, 0.15) is 52.1 Å². The van der Waals surface area contributed by atoms with Crippen molar-refractivity contribution in [3.8, 4) is 0 Å². The van der Waals surface area contributed by atoms with Gasteiger partial charge in [0.05, 0.1) is 11.1 Å². The number of amides is 3. The average Bonchev–Trinajstić information content (AvgIpc) is 3.05. The minimum atomic E-state index is -1.13. The fourth-order valence-electron chi connectivity index (χ4n) is 3.69. The summed E-state index contributed by atoms with van der Waals surface area (Å²) >= 11 is 8.46. The fourth-order valence-corrected chi connectivity index (χ4v) is 7.34. The molecule has 1 atom stereocenters. The normalized spacial score (nSPS) is 13.8. The lowest BCUT2D eigenvalue weighted by Gasteiger charge is -2.26. The van der Waals surface area contributed by atoms with Crippen LogP contribution in [0.5, 0.6) is 0 Å². The van der Waals surface area contributed by atoms with E-state index in [2.05, 4.69) is 95.7 Å². The summed E-state index contributed by atoms with van der Waals surface area (Å²) in [7, 11) is 0. The summed E-state index contributed by atoms with van der Waals surface area (Å²) in [5, 5.41) is 2.75. The van der Waals surface area contributed by atoms with Crippen LogP contribution in [0.4, 0.5) is 5.69 Å². The quantitative estimate of drug-likeness (QED) is 0.123. The lowest BCUT2D eigenvalue weighted by molar-refractivity contribution is -0.151. The third-order valence-electron chi connectivity index (χ3n) is 5.42. The summed E-state index contributed by atoms with van der Waals surface area (Å²) in [6, 6.07) is 4.54. The van der Waals surface area contributed by atoms with Gasteiger partial charge in [-0.15, -0.1) is 0 Å². The van der Waals surface area contributed by atoms with E-state index >= 15 is 0 Å². The van der Waals surface area contributed by atoms with E-state index in [0.29, 0.717) is 24.0 Å². The maximum absolute atomic E-state index is 13.4. The predicted molar refractivity (Wildman–Crippen MR) is 167 cm³/mol. The monoisotopic (exact) mass is 926 g/mol. The molecule has 0 aromatic heterocycles. The number of hydrogen-bond donors (Lipinski definition) is 1. The van der Waals surface area contributed by atoms with Gasteiger partial charge < -0.3 is 10.1 Å². The van der Waals surface area contributed by atoms with Gasteiger partial charge in [-0.1, -0.05) is 26.0 Å². The van der Waals surface area contributed by atoms with Crippen LogP contribution in [-0.2, 0) is 14.3 Å². The SMILES string of the molecule is Cc1ccc(C)c(NC(=O)COC(=O)C(CC(C)C)N2C(=O)c3c(I)c(I)c(I)c(I)c3C2=O)c1. The van der Waals surface area contributed by atoms with Crippen LogP contribution in [0.25, 0.3) is 0 Å². The Kier molecular flexibility index (Phi) is 9.84. The van der Waals surface area contributed by atoms with E-state index in [1.165, 1.54) is 0 Å². The second-order valence-corrected chi connectivity index (χ2v) is 12.9. The van der Waals surface area contributed by atoms with Crippen molar-refractivity contribution in [2.75, 3.05) is 11.9 Å². The van der Waals surface area contributed by atoms with Crippen LogP contribution in [0, 0.1) is 34.0 Å². The van der Waals surface area contributed by atoms with E-state index in [-0.39, 0.29) is 12.3 Å². The molecular weight excluding hydrogens is 904 g/mol. The Labute approximate surface area is 258 Å². The molecule has 0 saturated carbocycles. The first kappa shape index (κ1) is 29.0. The number of fused-ring (bicyclic) bond motifs is 1. The van der Waals surface area contributed by atoms with Gasteiger partial charge in [0.15, 0.2) is 6.61 Å². The summed E-state index contributed by atoms with van der Waals surface area (Å²) in [4.78, 5) is 53.5. The number of ether oxygens (including phenoxy) is 1. The van der Waals surface area contributed by atoms with Crippen LogP contribution in [0.15, 0.2) is 18.2 Å². The fraction of sp³-hybridized carbons (Fsp3) is 0.333. The van der Waals surface area contributed by atoms with Gasteiger partial charge in [0.2, 0.25) is 0 Å². The lowest BCUT2D eigenvalue weighted by Crippen LogP contribution is -2.47. The molecule has 1 heterocycles. The number of esters is 1. The molecule has 1 N–H and O–H groups in total. The Hall–Kier alpha value is -0.560. The minimum Gasteiger partial charge on any atom is -0.454 e. The van der Waals surface area contributed by atoms with E-state index in [4.69, 9.17) is 4.74 Å². The van der Waals surface area contributed by atoms with Crippen LogP contribution in [0.2, 0.25) is 0 Å². The highest BCUT2D eigenvalue weighted by atomic mass is 127. The molecule has 35 heavy (non-hydrogen) atoms. The van der Waals surface area contributed by atoms with Crippen molar-refractivity contribution in [1.29, 1.82) is 0 Å². The second kappa shape index (κ2) is 11.9. The molecule has 186 valence electrons. The standard InChI is InChI=1S/C24H22I4N2O5/c1-10(2)7-14(24(34)35-9-15(31)29-13-8-11(3)5-6-12(13)4)30-22(32)16-17(23(30)33)19(26)21(28)20(27)18(16)25/h5-6,8,10,14H,7,9H2,1-4H3,(H,29,31). The maximum atomic E-state index is 13.4. The van der Waals surface area contributed by atoms with Gasteiger partial charge in [0.25, 0.3) is 17.7 Å². The molecule has 0 radical (unpaired) electrons. The van der Waals surface area contributed by atoms with Crippen LogP contribution >= 0.6 is 90.4 Å². The third kappa shape index (κ3) is 6.13. The first-order valence-corrected chi connectivity index (χ1v) is 14.9. The molecule has 1 aliphatic rings. The van der Waals surface area contributed by atoms with Crippen LogP contribution in [-0.4, -0.2) is 41.2 Å². The molecule has 0 saturated heterocycles. The number of halogens is 4. The maximum Gasteiger partial charge on any atom is 0.329 e. The number of nitrogens with zero attached hydrogens (tertiary/aromatic N) is 1. The van der Waals surface area contributed by atoms with Gasteiger partial charge >= 0.3 is 5.97 Å². The second-order valence-electron chi connectivity index (χ2n) is 8.61. The molecular formula is C24H22I4N2O5. The Morgan fingerprint density at radius 3 is 2.00 bits per heavy atom. The molecule has 0 fully saturated rings. The van der Waals surface area contributed by atoms with E-state index in [1.54, 1.807) is 0 Å². The first-order chi connectivity index (χ1) is 16.3. The number of rotatable bonds is 7. The minimum absolute atomic E-state index is 0.000881. The lowest BCUT2D eigenvalue weighted by atomic mass is 10.0. The number of benzene rings is 2. The van der Waals surface area contributed by atoms with Crippen molar-refractivity contribution >= 4 is 120 Å². The van der Waals surface area contributed by atoms with Gasteiger partial charge in [-0.3, -0.25) is 19.3 Å². The zero-order valence-electron chi connectivity index (χ0n) is 19.3. The molecule has 11 heteroatoms. The average molecular weight is 926 g/mol. The molecule has 0 bridgehead atoms. The van der Waals surface area contributed by atoms with Gasteiger partial charge in [-0.2, -0.15) is 0 Å². The van der Waals surface area contributed by atoms with Crippen molar-refractivity contribution < 1.29 is 23.9 Å². The molecule has 0 aliphatic carbocycles. The van der Waals surface area contributed by atoms with E-state index in [0.717, 1.165) is 23.2 Å². The highest BCUT2D eigenvalue weighted by Gasteiger charge is 2.47. The molecule has 1 aliphatic heterocycles. The van der Waals surface area contributed by atoms with E-state index < -0.39 is 36.3 Å². The number of aryl methyl sites for hydroxylation is 2. The number of carbonyl (C=O) groups is 4. The largest absolute Gasteiger partial charge is 0.454 e. The summed E-state index contributed by atoms with van der Waals surface area (Å²) in [6.45, 7) is 7.05. The smallest absolute Gasteiger partial charge is 0.329 e. The van der Waals surface area contributed by atoms with Crippen molar-refractivity contribution in [2.24, 2.45) is 5.92 Å². The number of anilines is 1. The van der Waals surface area contributed by atoms with E-state index in [1.807, 2.05) is 45.9 Å². The Morgan fingerprint density at radius 2 is 1.49 bits per heavy atom. The Bertz CT molecular complexity index is 1200. The first-order valence-electron chi connectivity index (χ1n) is 10.6. The molecule has 2 aromatic carbocycles. The van der Waals surface area contributed by atoms with Gasteiger partial charge in [-0.25, -0.2) is 4.79 Å². The molecule has 7 nitrogen and oxygen atoms in total. The van der Waals surface area contributed by atoms with Crippen molar-refractivity contribution in [3.05, 3.63) is 54.7 Å². The van der Waals surface area contributed by atoms with E-state index in [9.17, 15) is 19.2 Å². The molecule has 3 amide bonds. The van der Waals surface area contributed by atoms with Crippen LogP contribution in [0.3, 0.4) is 0 Å². The summed E-state index contributed by atoms with van der Waals surface area (Å²) in [5.74, 6) is -2.29. The summed E-state index contributed by atoms with van der Waals surface area (Å²) in [6.07, 6.45) is 0.226.